The summed E-state index contributed by atoms with van der Waals surface area (Å²) in [7, 11) is -3.46. The molecule has 0 aromatic heterocycles. The standard InChI is InChI=1S/C25H27N3O3S/c1-20-10-12-23(13-11-20)26-25(29)22-7-5-6-21(18-22)19-27-14-16-28(17-15-27)32(30,31)24-8-3-2-4-9-24/h2-13,18H,14-17,19H2,1H3,(H,26,29). The Morgan fingerprint density at radius 3 is 2.25 bits per heavy atom. The molecule has 0 aliphatic carbocycles. The van der Waals surface area contributed by atoms with E-state index in [-0.39, 0.29) is 5.91 Å². The van der Waals surface area contributed by atoms with Gasteiger partial charge in [-0.3, -0.25) is 9.69 Å². The Hall–Kier alpha value is -3.00. The summed E-state index contributed by atoms with van der Waals surface area (Å²) < 4.78 is 27.2. The van der Waals surface area contributed by atoms with E-state index in [0.29, 0.717) is 43.2 Å². The van der Waals surface area contributed by atoms with Gasteiger partial charge < -0.3 is 5.32 Å². The van der Waals surface area contributed by atoms with Gasteiger partial charge in [-0.05, 0) is 48.9 Å². The number of carbonyl (C=O) groups is 1. The number of amides is 1. The van der Waals surface area contributed by atoms with Crippen LogP contribution in [-0.4, -0.2) is 49.7 Å². The lowest BCUT2D eigenvalue weighted by Crippen LogP contribution is -2.48. The van der Waals surface area contributed by atoms with Crippen molar-refractivity contribution < 1.29 is 13.2 Å². The van der Waals surface area contributed by atoms with Gasteiger partial charge in [0.2, 0.25) is 10.0 Å². The summed E-state index contributed by atoms with van der Waals surface area (Å²) in [5.41, 5.74) is 3.54. The maximum atomic E-state index is 12.8. The Bertz CT molecular complexity index is 1170. The van der Waals surface area contributed by atoms with Gasteiger partial charge in [0.15, 0.2) is 0 Å². The smallest absolute Gasteiger partial charge is 0.255 e. The Kier molecular flexibility index (Phi) is 6.69. The third-order valence-corrected chi connectivity index (χ3v) is 7.53. The molecule has 1 aliphatic heterocycles. The van der Waals surface area contributed by atoms with Gasteiger partial charge in [-0.2, -0.15) is 4.31 Å². The molecule has 1 amide bonds. The molecular weight excluding hydrogens is 422 g/mol. The van der Waals surface area contributed by atoms with E-state index in [9.17, 15) is 13.2 Å². The molecule has 4 rings (SSSR count). The molecule has 0 spiro atoms. The number of hydrogen-bond acceptors (Lipinski definition) is 4. The maximum Gasteiger partial charge on any atom is 0.255 e. The van der Waals surface area contributed by atoms with Crippen LogP contribution in [0.5, 0.6) is 0 Å². The molecule has 0 saturated carbocycles. The minimum absolute atomic E-state index is 0.144. The Morgan fingerprint density at radius 1 is 0.875 bits per heavy atom. The highest BCUT2D eigenvalue weighted by Gasteiger charge is 2.28. The summed E-state index contributed by atoms with van der Waals surface area (Å²) in [6.07, 6.45) is 0. The van der Waals surface area contributed by atoms with E-state index in [0.717, 1.165) is 16.8 Å². The Labute approximate surface area is 189 Å². The third-order valence-electron chi connectivity index (χ3n) is 5.62. The lowest BCUT2D eigenvalue weighted by Gasteiger charge is -2.34. The second-order valence-corrected chi connectivity index (χ2v) is 9.95. The first kappa shape index (κ1) is 22.2. The molecule has 166 valence electrons. The third kappa shape index (κ3) is 5.24. The van der Waals surface area contributed by atoms with Crippen LogP contribution in [0.15, 0.2) is 83.8 Å². The molecule has 1 fully saturated rings. The normalized spacial score (nSPS) is 15.4. The average molecular weight is 450 g/mol. The topological polar surface area (TPSA) is 69.7 Å². The average Bonchev–Trinajstić information content (AvgIpc) is 2.82. The lowest BCUT2D eigenvalue weighted by atomic mass is 10.1. The number of piperazine rings is 1. The van der Waals surface area contributed by atoms with Crippen molar-refractivity contribution in [2.75, 3.05) is 31.5 Å². The summed E-state index contributed by atoms with van der Waals surface area (Å²) in [6, 6.07) is 23.8. The molecule has 0 radical (unpaired) electrons. The van der Waals surface area contributed by atoms with Crippen LogP contribution in [0.4, 0.5) is 5.69 Å². The van der Waals surface area contributed by atoms with Crippen molar-refractivity contribution in [1.82, 2.24) is 9.21 Å². The van der Waals surface area contributed by atoms with Crippen LogP contribution in [0.1, 0.15) is 21.5 Å². The number of benzene rings is 3. The van der Waals surface area contributed by atoms with Gasteiger partial charge in [-0.15, -0.1) is 0 Å². The Balaban J connectivity index is 1.35. The number of rotatable bonds is 6. The summed E-state index contributed by atoms with van der Waals surface area (Å²) in [5.74, 6) is -0.144. The summed E-state index contributed by atoms with van der Waals surface area (Å²) in [4.78, 5) is 15.2. The van der Waals surface area contributed by atoms with E-state index in [2.05, 4.69) is 10.2 Å². The first-order valence-electron chi connectivity index (χ1n) is 10.7. The minimum Gasteiger partial charge on any atom is -0.322 e. The van der Waals surface area contributed by atoms with Gasteiger partial charge in [0.1, 0.15) is 0 Å². The van der Waals surface area contributed by atoms with Gasteiger partial charge in [-0.25, -0.2) is 8.42 Å². The highest BCUT2D eigenvalue weighted by molar-refractivity contribution is 7.89. The highest BCUT2D eigenvalue weighted by Crippen LogP contribution is 2.19. The number of aryl methyl sites for hydroxylation is 1. The first-order valence-corrected chi connectivity index (χ1v) is 12.1. The molecule has 0 unspecified atom stereocenters. The molecule has 0 bridgehead atoms. The monoisotopic (exact) mass is 449 g/mol. The predicted molar refractivity (Wildman–Crippen MR) is 126 cm³/mol. The fourth-order valence-corrected chi connectivity index (χ4v) is 5.22. The minimum atomic E-state index is -3.46. The second-order valence-electron chi connectivity index (χ2n) is 8.01. The summed E-state index contributed by atoms with van der Waals surface area (Å²) >= 11 is 0. The van der Waals surface area contributed by atoms with Gasteiger partial charge in [0, 0.05) is 44.0 Å². The zero-order valence-electron chi connectivity index (χ0n) is 18.1. The molecule has 3 aromatic carbocycles. The van der Waals surface area contributed by atoms with E-state index >= 15 is 0 Å². The van der Waals surface area contributed by atoms with Gasteiger partial charge in [-0.1, -0.05) is 48.0 Å². The molecule has 3 aromatic rings. The lowest BCUT2D eigenvalue weighted by molar-refractivity contribution is 0.102. The zero-order chi connectivity index (χ0) is 22.6. The van der Waals surface area contributed by atoms with Crippen LogP contribution in [0.2, 0.25) is 0 Å². The van der Waals surface area contributed by atoms with Crippen molar-refractivity contribution >= 4 is 21.6 Å². The molecule has 1 N–H and O–H groups in total. The zero-order valence-corrected chi connectivity index (χ0v) is 18.9. The molecule has 0 atom stereocenters. The molecule has 7 heteroatoms. The molecule has 1 aliphatic rings. The SMILES string of the molecule is Cc1ccc(NC(=O)c2cccc(CN3CCN(S(=O)(=O)c4ccccc4)CC3)c2)cc1. The largest absolute Gasteiger partial charge is 0.322 e. The number of nitrogens with zero attached hydrogens (tertiary/aromatic N) is 2. The fourth-order valence-electron chi connectivity index (χ4n) is 3.78. The van der Waals surface area contributed by atoms with E-state index in [1.807, 2.05) is 55.5 Å². The van der Waals surface area contributed by atoms with E-state index in [4.69, 9.17) is 0 Å². The highest BCUT2D eigenvalue weighted by atomic mass is 32.2. The van der Waals surface area contributed by atoms with Crippen molar-refractivity contribution in [2.45, 2.75) is 18.4 Å². The van der Waals surface area contributed by atoms with Crippen LogP contribution in [0, 0.1) is 6.92 Å². The second kappa shape index (κ2) is 9.65. The summed E-state index contributed by atoms with van der Waals surface area (Å²) in [6.45, 7) is 4.87. The van der Waals surface area contributed by atoms with Crippen LogP contribution >= 0.6 is 0 Å². The van der Waals surface area contributed by atoms with Crippen molar-refractivity contribution in [2.24, 2.45) is 0 Å². The van der Waals surface area contributed by atoms with E-state index in [1.165, 1.54) is 0 Å². The van der Waals surface area contributed by atoms with Crippen molar-refractivity contribution in [3.05, 3.63) is 95.6 Å². The predicted octanol–water partition coefficient (Wildman–Crippen LogP) is 3.75. The Morgan fingerprint density at radius 2 is 1.56 bits per heavy atom. The van der Waals surface area contributed by atoms with Crippen molar-refractivity contribution in [3.8, 4) is 0 Å². The van der Waals surface area contributed by atoms with E-state index in [1.54, 1.807) is 34.6 Å². The molecular formula is C25H27N3O3S. The van der Waals surface area contributed by atoms with Gasteiger partial charge >= 0.3 is 0 Å². The first-order chi connectivity index (χ1) is 15.4. The molecule has 6 nitrogen and oxygen atoms in total. The molecule has 32 heavy (non-hydrogen) atoms. The fraction of sp³-hybridized carbons (Fsp3) is 0.240. The number of carbonyl (C=O) groups excluding carboxylic acids is 1. The number of nitrogens with one attached hydrogen (secondary N) is 1. The van der Waals surface area contributed by atoms with Crippen LogP contribution < -0.4 is 5.32 Å². The summed E-state index contributed by atoms with van der Waals surface area (Å²) in [5, 5.41) is 2.93. The molecule has 1 saturated heterocycles. The van der Waals surface area contributed by atoms with Gasteiger partial charge in [0.25, 0.3) is 5.91 Å². The maximum absolute atomic E-state index is 12.8. The van der Waals surface area contributed by atoms with Crippen molar-refractivity contribution in [3.63, 3.8) is 0 Å². The number of sulfonamides is 1. The molecule has 1 heterocycles. The van der Waals surface area contributed by atoms with Crippen molar-refractivity contribution in [1.29, 1.82) is 0 Å². The van der Waals surface area contributed by atoms with Gasteiger partial charge in [0.05, 0.1) is 4.90 Å². The van der Waals surface area contributed by atoms with Crippen LogP contribution in [-0.2, 0) is 16.6 Å². The van der Waals surface area contributed by atoms with Crippen LogP contribution in [0.3, 0.4) is 0 Å². The number of hydrogen-bond donors (Lipinski definition) is 1. The number of anilines is 1. The quantitative estimate of drug-likeness (QED) is 0.622. The van der Waals surface area contributed by atoms with Crippen LogP contribution in [0.25, 0.3) is 0 Å². The van der Waals surface area contributed by atoms with E-state index < -0.39 is 10.0 Å².